The Morgan fingerprint density at radius 3 is 3.12 bits per heavy atom. The molecule has 0 saturated carbocycles. The average molecular weight is 234 g/mol. The van der Waals surface area contributed by atoms with Crippen LogP contribution in [0.1, 0.15) is 19.4 Å². The third-order valence-electron chi connectivity index (χ3n) is 3.95. The number of hydrogen-bond donors (Lipinski definition) is 1. The van der Waals surface area contributed by atoms with E-state index in [2.05, 4.69) is 10.4 Å². The molecule has 2 aliphatic heterocycles. The molecule has 0 radical (unpaired) electrons. The number of likely N-dealkylation sites (tertiary alicyclic amines) is 1. The zero-order valence-electron chi connectivity index (χ0n) is 10.0. The van der Waals surface area contributed by atoms with Gasteiger partial charge in [0.25, 0.3) is 0 Å². The highest BCUT2D eigenvalue weighted by Gasteiger charge is 2.39. The fraction of sp³-hybridized carbons (Fsp3) is 0.667. The van der Waals surface area contributed by atoms with E-state index >= 15 is 0 Å². The lowest BCUT2D eigenvalue weighted by molar-refractivity contribution is -0.133. The molecule has 1 unspecified atom stereocenters. The Morgan fingerprint density at radius 2 is 2.41 bits per heavy atom. The summed E-state index contributed by atoms with van der Waals surface area (Å²) >= 11 is 0. The Balaban J connectivity index is 1.67. The molecule has 2 aliphatic rings. The van der Waals surface area contributed by atoms with Gasteiger partial charge in [-0.25, -0.2) is 0 Å². The fourth-order valence-electron chi connectivity index (χ4n) is 2.92. The topological polar surface area (TPSA) is 50.2 Å². The van der Waals surface area contributed by atoms with Crippen molar-refractivity contribution in [2.45, 2.75) is 25.4 Å². The van der Waals surface area contributed by atoms with Gasteiger partial charge in [-0.05, 0) is 31.9 Å². The van der Waals surface area contributed by atoms with Crippen LogP contribution in [0.25, 0.3) is 0 Å². The Morgan fingerprint density at radius 1 is 1.53 bits per heavy atom. The molecule has 0 bridgehead atoms. The minimum absolute atomic E-state index is 0.185. The van der Waals surface area contributed by atoms with Gasteiger partial charge in [0.15, 0.2) is 0 Å². The molecule has 17 heavy (non-hydrogen) atoms. The first kappa shape index (κ1) is 10.8. The summed E-state index contributed by atoms with van der Waals surface area (Å²) in [5, 5.41) is 7.60. The Bertz CT molecular complexity index is 391. The highest BCUT2D eigenvalue weighted by atomic mass is 16.2. The first-order valence-electron chi connectivity index (χ1n) is 6.27. The van der Waals surface area contributed by atoms with Crippen molar-refractivity contribution in [1.29, 1.82) is 0 Å². The third-order valence-corrected chi connectivity index (χ3v) is 3.95. The molecule has 0 aliphatic carbocycles. The molecule has 5 nitrogen and oxygen atoms in total. The number of rotatable bonds is 2. The SMILES string of the molecule is CC(C(=O)N1C[C@@H]2CCN[C@@H]2C1)n1cccn1. The summed E-state index contributed by atoms with van der Waals surface area (Å²) in [6.45, 7) is 4.78. The number of nitrogens with zero attached hydrogens (tertiary/aromatic N) is 3. The molecule has 0 aromatic carbocycles. The maximum absolute atomic E-state index is 12.3. The summed E-state index contributed by atoms with van der Waals surface area (Å²) in [6.07, 6.45) is 4.76. The van der Waals surface area contributed by atoms with Gasteiger partial charge in [-0.15, -0.1) is 0 Å². The molecular formula is C12H18N4O. The molecule has 0 spiro atoms. The predicted octanol–water partition coefficient (Wildman–Crippen LogP) is 0.264. The largest absolute Gasteiger partial charge is 0.339 e. The van der Waals surface area contributed by atoms with Crippen LogP contribution >= 0.6 is 0 Å². The van der Waals surface area contributed by atoms with Crippen LogP contribution in [-0.2, 0) is 4.79 Å². The number of amides is 1. The average Bonchev–Trinajstić information content (AvgIpc) is 3.01. The molecule has 1 aromatic rings. The molecule has 2 saturated heterocycles. The van der Waals surface area contributed by atoms with Crippen LogP contribution in [0, 0.1) is 5.92 Å². The van der Waals surface area contributed by atoms with Gasteiger partial charge >= 0.3 is 0 Å². The lowest BCUT2D eigenvalue weighted by Crippen LogP contribution is -2.37. The summed E-state index contributed by atoms with van der Waals surface area (Å²) in [5.74, 6) is 0.841. The Hall–Kier alpha value is -1.36. The van der Waals surface area contributed by atoms with Gasteiger partial charge in [0.05, 0.1) is 0 Å². The minimum atomic E-state index is -0.191. The maximum atomic E-state index is 12.3. The minimum Gasteiger partial charge on any atom is -0.339 e. The molecule has 92 valence electrons. The van der Waals surface area contributed by atoms with Crippen LogP contribution in [0.5, 0.6) is 0 Å². The molecule has 3 atom stereocenters. The van der Waals surface area contributed by atoms with Gasteiger partial charge < -0.3 is 10.2 Å². The van der Waals surface area contributed by atoms with Crippen LogP contribution in [0.3, 0.4) is 0 Å². The molecule has 3 heterocycles. The molecule has 1 N–H and O–H groups in total. The summed E-state index contributed by atoms with van der Waals surface area (Å²) < 4.78 is 1.73. The van der Waals surface area contributed by atoms with E-state index in [4.69, 9.17) is 0 Å². The van der Waals surface area contributed by atoms with E-state index in [0.717, 1.165) is 19.6 Å². The van der Waals surface area contributed by atoms with Crippen LogP contribution in [0.2, 0.25) is 0 Å². The van der Waals surface area contributed by atoms with E-state index in [1.807, 2.05) is 24.1 Å². The van der Waals surface area contributed by atoms with Crippen molar-refractivity contribution in [3.63, 3.8) is 0 Å². The van der Waals surface area contributed by atoms with Crippen molar-refractivity contribution in [1.82, 2.24) is 20.0 Å². The van der Waals surface area contributed by atoms with E-state index in [1.165, 1.54) is 6.42 Å². The van der Waals surface area contributed by atoms with Crippen LogP contribution in [0.15, 0.2) is 18.5 Å². The van der Waals surface area contributed by atoms with Crippen molar-refractivity contribution < 1.29 is 4.79 Å². The number of nitrogens with one attached hydrogen (secondary N) is 1. The van der Waals surface area contributed by atoms with Crippen molar-refractivity contribution in [3.8, 4) is 0 Å². The fourth-order valence-corrected chi connectivity index (χ4v) is 2.92. The van der Waals surface area contributed by atoms with Crippen molar-refractivity contribution in [2.24, 2.45) is 5.92 Å². The van der Waals surface area contributed by atoms with Gasteiger partial charge in [0.1, 0.15) is 6.04 Å². The lowest BCUT2D eigenvalue weighted by atomic mass is 10.1. The van der Waals surface area contributed by atoms with Gasteiger partial charge in [-0.1, -0.05) is 0 Å². The summed E-state index contributed by atoms with van der Waals surface area (Å²) in [7, 11) is 0. The number of carbonyl (C=O) groups excluding carboxylic acids is 1. The number of hydrogen-bond acceptors (Lipinski definition) is 3. The highest BCUT2D eigenvalue weighted by molar-refractivity contribution is 5.80. The second kappa shape index (κ2) is 4.14. The molecule has 1 aromatic heterocycles. The first-order valence-corrected chi connectivity index (χ1v) is 6.27. The lowest BCUT2D eigenvalue weighted by Gasteiger charge is -2.21. The van der Waals surface area contributed by atoms with Gasteiger partial charge in [-0.2, -0.15) is 5.10 Å². The Kier molecular flexibility index (Phi) is 2.63. The number of carbonyl (C=O) groups is 1. The van der Waals surface area contributed by atoms with Crippen molar-refractivity contribution in [3.05, 3.63) is 18.5 Å². The first-order chi connectivity index (χ1) is 8.25. The van der Waals surface area contributed by atoms with Gasteiger partial charge in [-0.3, -0.25) is 9.48 Å². The van der Waals surface area contributed by atoms with Crippen LogP contribution in [-0.4, -0.2) is 46.3 Å². The van der Waals surface area contributed by atoms with E-state index < -0.39 is 0 Å². The monoisotopic (exact) mass is 234 g/mol. The standard InChI is InChI=1S/C12H18N4O/c1-9(16-6-2-4-14-16)12(17)15-7-10-3-5-13-11(10)8-15/h2,4,6,9-11,13H,3,5,7-8H2,1H3/t9?,10-,11+/m0/s1. The van der Waals surface area contributed by atoms with Gasteiger partial charge in [0, 0.05) is 31.5 Å². The van der Waals surface area contributed by atoms with Crippen molar-refractivity contribution >= 4 is 5.91 Å². The summed E-state index contributed by atoms with van der Waals surface area (Å²) in [5.41, 5.74) is 0. The molecular weight excluding hydrogens is 216 g/mol. The van der Waals surface area contributed by atoms with E-state index in [1.54, 1.807) is 10.9 Å². The molecule has 1 amide bonds. The normalized spacial score (nSPS) is 29.4. The van der Waals surface area contributed by atoms with Crippen LogP contribution in [0.4, 0.5) is 0 Å². The zero-order valence-corrected chi connectivity index (χ0v) is 10.0. The predicted molar refractivity (Wildman–Crippen MR) is 63.4 cm³/mol. The number of fused-ring (bicyclic) bond motifs is 1. The highest BCUT2D eigenvalue weighted by Crippen LogP contribution is 2.26. The van der Waals surface area contributed by atoms with E-state index in [0.29, 0.717) is 12.0 Å². The number of aromatic nitrogens is 2. The second-order valence-electron chi connectivity index (χ2n) is 5.01. The van der Waals surface area contributed by atoms with Gasteiger partial charge in [0.2, 0.25) is 5.91 Å². The second-order valence-corrected chi connectivity index (χ2v) is 5.01. The molecule has 3 rings (SSSR count). The Labute approximate surface area is 101 Å². The quantitative estimate of drug-likeness (QED) is 0.799. The van der Waals surface area contributed by atoms with Crippen LogP contribution < -0.4 is 5.32 Å². The summed E-state index contributed by atoms with van der Waals surface area (Å²) in [6, 6.07) is 2.18. The van der Waals surface area contributed by atoms with E-state index in [-0.39, 0.29) is 11.9 Å². The summed E-state index contributed by atoms with van der Waals surface area (Å²) in [4.78, 5) is 14.3. The van der Waals surface area contributed by atoms with Crippen molar-refractivity contribution in [2.75, 3.05) is 19.6 Å². The zero-order chi connectivity index (χ0) is 11.8. The van der Waals surface area contributed by atoms with E-state index in [9.17, 15) is 4.79 Å². The maximum Gasteiger partial charge on any atom is 0.247 e. The smallest absolute Gasteiger partial charge is 0.247 e. The third kappa shape index (κ3) is 1.84. The molecule has 2 fully saturated rings. The molecule has 5 heteroatoms.